The van der Waals surface area contributed by atoms with Crippen LogP contribution in [-0.4, -0.2) is 17.8 Å². The Morgan fingerprint density at radius 3 is 2.57 bits per heavy atom. The number of aryl methyl sites for hydroxylation is 1. The molecule has 0 radical (unpaired) electrons. The van der Waals surface area contributed by atoms with Crippen LogP contribution < -0.4 is 10.7 Å². The third-order valence-electron chi connectivity index (χ3n) is 7.00. The predicted octanol–water partition coefficient (Wildman–Crippen LogP) is 4.51. The van der Waals surface area contributed by atoms with E-state index in [1.165, 1.54) is 36.6 Å². The van der Waals surface area contributed by atoms with Crippen LogP contribution in [0, 0.1) is 18.8 Å². The molecular weight excluding hydrogens is 350 g/mol. The molecule has 4 fully saturated rings. The Morgan fingerprint density at radius 1 is 1.14 bits per heavy atom. The standard InChI is InChI=1S/C23H27N3O2/c1-16-4-6-19(7-5-16)22-10-17-9-18(11-22)13-23(12-17,15-22)25-21(27)26-24-14-20-3-2-8-28-20/h2-8,14,17-18H,9-13,15H2,1H3,(H2,25,26,27)/b24-14-/t17-,18+,22?,23?. The van der Waals surface area contributed by atoms with Gasteiger partial charge in [0.1, 0.15) is 5.76 Å². The summed E-state index contributed by atoms with van der Waals surface area (Å²) in [5.74, 6) is 2.03. The van der Waals surface area contributed by atoms with Crippen LogP contribution in [0.15, 0.2) is 52.2 Å². The third-order valence-corrected chi connectivity index (χ3v) is 7.00. The molecule has 4 atom stereocenters. The van der Waals surface area contributed by atoms with Crippen molar-refractivity contribution in [3.05, 3.63) is 59.5 Å². The smallest absolute Gasteiger partial charge is 0.335 e. The van der Waals surface area contributed by atoms with Crippen molar-refractivity contribution in [1.29, 1.82) is 0 Å². The van der Waals surface area contributed by atoms with Gasteiger partial charge >= 0.3 is 6.03 Å². The average Bonchev–Trinajstić information content (AvgIpc) is 3.14. The van der Waals surface area contributed by atoms with Crippen molar-refractivity contribution in [2.75, 3.05) is 0 Å². The normalized spacial score (nSPS) is 33.3. The highest BCUT2D eigenvalue weighted by Crippen LogP contribution is 2.62. The first-order valence-corrected chi connectivity index (χ1v) is 10.3. The molecule has 0 aliphatic heterocycles. The van der Waals surface area contributed by atoms with Crippen molar-refractivity contribution in [3.63, 3.8) is 0 Å². The maximum Gasteiger partial charge on any atom is 0.335 e. The number of rotatable bonds is 4. The minimum Gasteiger partial charge on any atom is -0.463 e. The number of hydrogen-bond donors (Lipinski definition) is 2. The summed E-state index contributed by atoms with van der Waals surface area (Å²) in [5, 5.41) is 7.33. The van der Waals surface area contributed by atoms with Gasteiger partial charge in [-0.3, -0.25) is 0 Å². The van der Waals surface area contributed by atoms with Crippen molar-refractivity contribution in [1.82, 2.24) is 10.7 Å². The van der Waals surface area contributed by atoms with Gasteiger partial charge in [0.2, 0.25) is 0 Å². The fraction of sp³-hybridized carbons (Fsp3) is 0.478. The number of urea groups is 1. The summed E-state index contributed by atoms with van der Waals surface area (Å²) in [6, 6.07) is 12.4. The molecule has 4 bridgehead atoms. The van der Waals surface area contributed by atoms with E-state index < -0.39 is 0 Å². The van der Waals surface area contributed by atoms with Crippen LogP contribution in [0.4, 0.5) is 4.79 Å². The van der Waals surface area contributed by atoms with Crippen molar-refractivity contribution >= 4 is 12.2 Å². The second-order valence-electron chi connectivity index (χ2n) is 9.23. The van der Waals surface area contributed by atoms with E-state index in [-0.39, 0.29) is 17.0 Å². The molecule has 2 N–H and O–H groups in total. The number of amides is 2. The molecule has 4 aliphatic carbocycles. The Balaban J connectivity index is 1.33. The van der Waals surface area contributed by atoms with Crippen LogP contribution in [0.1, 0.15) is 55.4 Å². The van der Waals surface area contributed by atoms with Crippen molar-refractivity contribution in [3.8, 4) is 0 Å². The molecule has 1 aromatic heterocycles. The number of benzene rings is 1. The minimum absolute atomic E-state index is 0.112. The molecule has 5 heteroatoms. The molecule has 146 valence electrons. The Labute approximate surface area is 165 Å². The van der Waals surface area contributed by atoms with Crippen molar-refractivity contribution < 1.29 is 9.21 Å². The summed E-state index contributed by atoms with van der Waals surface area (Å²) in [4.78, 5) is 12.6. The van der Waals surface area contributed by atoms with Gasteiger partial charge in [-0.1, -0.05) is 29.8 Å². The lowest BCUT2D eigenvalue weighted by molar-refractivity contribution is -0.0349. The zero-order valence-corrected chi connectivity index (χ0v) is 16.3. The molecule has 4 saturated carbocycles. The fourth-order valence-corrected chi connectivity index (χ4v) is 6.44. The Hall–Kier alpha value is -2.56. The third kappa shape index (κ3) is 3.13. The van der Waals surface area contributed by atoms with E-state index in [9.17, 15) is 4.79 Å². The Kier molecular flexibility index (Phi) is 4.07. The maximum atomic E-state index is 12.6. The summed E-state index contributed by atoms with van der Waals surface area (Å²) in [5.41, 5.74) is 5.47. The van der Waals surface area contributed by atoms with Gasteiger partial charge in [0.25, 0.3) is 0 Å². The zero-order valence-electron chi connectivity index (χ0n) is 16.3. The topological polar surface area (TPSA) is 66.6 Å². The van der Waals surface area contributed by atoms with Crippen LogP contribution in [0.2, 0.25) is 0 Å². The largest absolute Gasteiger partial charge is 0.463 e. The maximum absolute atomic E-state index is 12.6. The summed E-state index contributed by atoms with van der Waals surface area (Å²) in [6.45, 7) is 2.14. The lowest BCUT2D eigenvalue weighted by atomic mass is 9.45. The van der Waals surface area contributed by atoms with E-state index in [1.807, 2.05) is 0 Å². The number of nitrogens with zero attached hydrogens (tertiary/aromatic N) is 1. The summed E-state index contributed by atoms with van der Waals surface area (Å²) < 4.78 is 5.20. The van der Waals surface area contributed by atoms with Gasteiger partial charge in [0, 0.05) is 5.54 Å². The van der Waals surface area contributed by atoms with E-state index in [1.54, 1.807) is 18.4 Å². The molecule has 0 saturated heterocycles. The molecular formula is C23H27N3O2. The number of nitrogens with one attached hydrogen (secondary N) is 2. The molecule has 0 spiro atoms. The van der Waals surface area contributed by atoms with Crippen LogP contribution in [0.25, 0.3) is 0 Å². The van der Waals surface area contributed by atoms with Gasteiger partial charge in [-0.25, -0.2) is 10.2 Å². The quantitative estimate of drug-likeness (QED) is 0.608. The first-order valence-electron chi connectivity index (χ1n) is 10.3. The van der Waals surface area contributed by atoms with Crippen molar-refractivity contribution in [2.24, 2.45) is 16.9 Å². The fourth-order valence-electron chi connectivity index (χ4n) is 6.44. The van der Waals surface area contributed by atoms with E-state index in [2.05, 4.69) is 47.0 Å². The van der Waals surface area contributed by atoms with E-state index in [0.29, 0.717) is 17.6 Å². The molecule has 2 unspecified atom stereocenters. The summed E-state index contributed by atoms with van der Waals surface area (Å²) in [7, 11) is 0. The van der Waals surface area contributed by atoms with E-state index in [4.69, 9.17) is 4.42 Å². The second-order valence-corrected chi connectivity index (χ2v) is 9.23. The zero-order chi connectivity index (χ0) is 19.2. The number of hydrogen-bond acceptors (Lipinski definition) is 3. The molecule has 6 rings (SSSR count). The van der Waals surface area contributed by atoms with Gasteiger partial charge in [0.05, 0.1) is 12.5 Å². The molecule has 1 heterocycles. The van der Waals surface area contributed by atoms with Crippen LogP contribution in [0.5, 0.6) is 0 Å². The van der Waals surface area contributed by atoms with Gasteiger partial charge in [-0.2, -0.15) is 5.10 Å². The summed E-state index contributed by atoms with van der Waals surface area (Å²) >= 11 is 0. The summed E-state index contributed by atoms with van der Waals surface area (Å²) in [6.07, 6.45) is 10.1. The Morgan fingerprint density at radius 2 is 1.89 bits per heavy atom. The number of hydrazone groups is 1. The van der Waals surface area contributed by atoms with Crippen LogP contribution in [0.3, 0.4) is 0 Å². The first kappa shape index (κ1) is 17.5. The highest BCUT2D eigenvalue weighted by atomic mass is 16.3. The lowest BCUT2D eigenvalue weighted by Crippen LogP contribution is -2.65. The second kappa shape index (κ2) is 6.50. The molecule has 1 aromatic carbocycles. The number of furan rings is 1. The molecule has 2 amide bonds. The van der Waals surface area contributed by atoms with E-state index >= 15 is 0 Å². The van der Waals surface area contributed by atoms with Crippen LogP contribution >= 0.6 is 0 Å². The molecule has 4 aliphatic rings. The molecule has 5 nitrogen and oxygen atoms in total. The number of carbonyl (C=O) groups is 1. The van der Waals surface area contributed by atoms with E-state index in [0.717, 1.165) is 19.3 Å². The highest BCUT2D eigenvalue weighted by Gasteiger charge is 2.58. The van der Waals surface area contributed by atoms with Crippen molar-refractivity contribution in [2.45, 2.75) is 56.4 Å². The Bertz CT molecular complexity index is 871. The van der Waals surface area contributed by atoms with Gasteiger partial charge in [0.15, 0.2) is 0 Å². The lowest BCUT2D eigenvalue weighted by Gasteiger charge is -2.62. The van der Waals surface area contributed by atoms with Gasteiger partial charge in [-0.05, 0) is 80.4 Å². The van der Waals surface area contributed by atoms with Gasteiger partial charge < -0.3 is 9.73 Å². The first-order chi connectivity index (χ1) is 13.5. The SMILES string of the molecule is Cc1ccc(C23C[C@@H]4C[C@@H](CC(NC(=O)N/N=C\c5ccco5)(C4)C2)C3)cc1. The number of carbonyl (C=O) groups excluding carboxylic acids is 1. The monoisotopic (exact) mass is 377 g/mol. The highest BCUT2D eigenvalue weighted by molar-refractivity contribution is 5.79. The van der Waals surface area contributed by atoms with Crippen LogP contribution in [-0.2, 0) is 5.41 Å². The van der Waals surface area contributed by atoms with Gasteiger partial charge in [-0.15, -0.1) is 0 Å². The molecule has 2 aromatic rings. The minimum atomic E-state index is -0.219. The predicted molar refractivity (Wildman–Crippen MR) is 108 cm³/mol. The average molecular weight is 377 g/mol. The molecule has 28 heavy (non-hydrogen) atoms.